The average Bonchev–Trinajstić information content (AvgIpc) is 3.28. The molecule has 7 heteroatoms. The lowest BCUT2D eigenvalue weighted by molar-refractivity contribution is 0.103. The van der Waals surface area contributed by atoms with Gasteiger partial charge in [0, 0.05) is 46.1 Å². The summed E-state index contributed by atoms with van der Waals surface area (Å²) < 4.78 is 18.1. The van der Waals surface area contributed by atoms with Crippen LogP contribution in [0.15, 0.2) is 73.1 Å². The highest BCUT2D eigenvalue weighted by Crippen LogP contribution is 2.39. The van der Waals surface area contributed by atoms with Crippen molar-refractivity contribution in [1.29, 1.82) is 0 Å². The normalized spacial score (nSPS) is 10.6. The lowest BCUT2D eigenvalue weighted by atomic mass is 9.97. The number of carbonyl (C=O) groups is 1. The maximum absolute atomic E-state index is 13.8. The highest BCUT2D eigenvalue weighted by atomic mass is 16.5. The molecular formula is C26H25N3O4. The summed E-state index contributed by atoms with van der Waals surface area (Å²) >= 11 is 0. The molecule has 0 saturated carbocycles. The first-order chi connectivity index (χ1) is 15.9. The fraction of sp³-hybridized carbons (Fsp3) is 0.115. The Hall–Kier alpha value is -4.39. The molecule has 0 aliphatic heterocycles. The minimum Gasteiger partial charge on any atom is -0.493 e. The quantitative estimate of drug-likeness (QED) is 0.321. The first kappa shape index (κ1) is 21.8. The molecule has 7 nitrogen and oxygen atoms in total. The van der Waals surface area contributed by atoms with Crippen LogP contribution in [0.2, 0.25) is 0 Å². The molecule has 0 bridgehead atoms. The predicted molar refractivity (Wildman–Crippen MR) is 130 cm³/mol. The van der Waals surface area contributed by atoms with Crippen molar-refractivity contribution in [3.8, 4) is 34.1 Å². The minimum absolute atomic E-state index is 0.200. The van der Waals surface area contributed by atoms with Gasteiger partial charge in [-0.05, 0) is 48.0 Å². The molecule has 1 heterocycles. The summed E-state index contributed by atoms with van der Waals surface area (Å²) in [5.74, 6) is 1.03. The zero-order valence-corrected chi connectivity index (χ0v) is 18.7. The number of nitrogens with two attached hydrogens (primary N) is 2. The second-order valence-corrected chi connectivity index (χ2v) is 7.46. The van der Waals surface area contributed by atoms with Gasteiger partial charge in [0.2, 0.25) is 5.75 Å². The third kappa shape index (κ3) is 4.21. The molecule has 4 aromatic rings. The van der Waals surface area contributed by atoms with Crippen LogP contribution in [0.1, 0.15) is 15.9 Å². The van der Waals surface area contributed by atoms with E-state index in [9.17, 15) is 4.79 Å². The van der Waals surface area contributed by atoms with E-state index in [4.69, 9.17) is 25.7 Å². The van der Waals surface area contributed by atoms with Crippen molar-refractivity contribution in [3.05, 3.63) is 84.2 Å². The van der Waals surface area contributed by atoms with E-state index in [0.717, 1.165) is 16.8 Å². The number of nitrogen functional groups attached to an aromatic ring is 2. The number of methoxy groups -OCH3 is 3. The summed E-state index contributed by atoms with van der Waals surface area (Å²) in [5.41, 5.74) is 16.5. The van der Waals surface area contributed by atoms with Crippen molar-refractivity contribution >= 4 is 17.2 Å². The average molecular weight is 444 g/mol. The van der Waals surface area contributed by atoms with E-state index in [1.54, 1.807) is 24.4 Å². The molecule has 3 aromatic carbocycles. The SMILES string of the molecule is COc1cc(C(=O)c2cn(-c3cccc(N)c3)cc2-c2cccc(N)c2)cc(OC)c1OC. The van der Waals surface area contributed by atoms with Crippen LogP contribution in [0.25, 0.3) is 16.8 Å². The van der Waals surface area contributed by atoms with Crippen molar-refractivity contribution in [2.24, 2.45) is 0 Å². The Morgan fingerprint density at radius 1 is 0.788 bits per heavy atom. The van der Waals surface area contributed by atoms with Crippen LogP contribution in [0, 0.1) is 0 Å². The molecule has 0 saturated heterocycles. The molecular weight excluding hydrogens is 418 g/mol. The van der Waals surface area contributed by atoms with Gasteiger partial charge in [-0.3, -0.25) is 4.79 Å². The Morgan fingerprint density at radius 3 is 2.00 bits per heavy atom. The zero-order chi connectivity index (χ0) is 23.5. The van der Waals surface area contributed by atoms with Gasteiger partial charge in [-0.15, -0.1) is 0 Å². The summed E-state index contributed by atoms with van der Waals surface area (Å²) in [6.07, 6.45) is 3.69. The second kappa shape index (κ2) is 9.00. The molecule has 0 aliphatic rings. The molecule has 0 amide bonds. The largest absolute Gasteiger partial charge is 0.493 e. The number of ether oxygens (including phenoxy) is 3. The summed E-state index contributed by atoms with van der Waals surface area (Å²) in [5, 5.41) is 0. The van der Waals surface area contributed by atoms with Crippen LogP contribution >= 0.6 is 0 Å². The van der Waals surface area contributed by atoms with Crippen LogP contribution in [-0.2, 0) is 0 Å². The molecule has 0 aliphatic carbocycles. The van der Waals surface area contributed by atoms with Crippen molar-refractivity contribution in [2.75, 3.05) is 32.8 Å². The molecule has 4 N–H and O–H groups in total. The highest BCUT2D eigenvalue weighted by Gasteiger charge is 2.22. The molecule has 0 spiro atoms. The Kier molecular flexibility index (Phi) is 5.95. The number of hydrogen-bond acceptors (Lipinski definition) is 6. The van der Waals surface area contributed by atoms with E-state index in [-0.39, 0.29) is 5.78 Å². The highest BCUT2D eigenvalue weighted by molar-refractivity contribution is 6.13. The monoisotopic (exact) mass is 443 g/mol. The number of anilines is 2. The number of benzene rings is 3. The Labute approximate surface area is 192 Å². The molecule has 1 aromatic heterocycles. The first-order valence-corrected chi connectivity index (χ1v) is 10.2. The number of aromatic nitrogens is 1. The molecule has 33 heavy (non-hydrogen) atoms. The van der Waals surface area contributed by atoms with E-state index in [0.29, 0.717) is 39.8 Å². The third-order valence-electron chi connectivity index (χ3n) is 5.36. The summed E-state index contributed by atoms with van der Waals surface area (Å²) in [6.45, 7) is 0. The fourth-order valence-corrected chi connectivity index (χ4v) is 3.77. The van der Waals surface area contributed by atoms with Gasteiger partial charge in [0.15, 0.2) is 17.3 Å². The number of nitrogens with zero attached hydrogens (tertiary/aromatic N) is 1. The van der Waals surface area contributed by atoms with Gasteiger partial charge in [0.25, 0.3) is 0 Å². The van der Waals surface area contributed by atoms with Crippen LogP contribution < -0.4 is 25.7 Å². The molecule has 0 fully saturated rings. The van der Waals surface area contributed by atoms with Crippen molar-refractivity contribution < 1.29 is 19.0 Å². The summed E-state index contributed by atoms with van der Waals surface area (Å²) in [7, 11) is 4.55. The van der Waals surface area contributed by atoms with Gasteiger partial charge in [-0.25, -0.2) is 0 Å². The Morgan fingerprint density at radius 2 is 1.42 bits per heavy atom. The predicted octanol–water partition coefficient (Wildman–Crippen LogP) is 4.57. The van der Waals surface area contributed by atoms with Gasteiger partial charge >= 0.3 is 0 Å². The first-order valence-electron chi connectivity index (χ1n) is 10.2. The lowest BCUT2D eigenvalue weighted by Gasteiger charge is -2.14. The van der Waals surface area contributed by atoms with Crippen molar-refractivity contribution in [1.82, 2.24) is 4.57 Å². The molecule has 4 rings (SSSR count). The van der Waals surface area contributed by atoms with Crippen LogP contribution in [-0.4, -0.2) is 31.7 Å². The maximum Gasteiger partial charge on any atom is 0.203 e. The lowest BCUT2D eigenvalue weighted by Crippen LogP contribution is -2.05. The number of carbonyl (C=O) groups excluding carboxylic acids is 1. The number of hydrogen-bond donors (Lipinski definition) is 2. The third-order valence-corrected chi connectivity index (χ3v) is 5.36. The smallest absolute Gasteiger partial charge is 0.203 e. The molecule has 0 unspecified atom stereocenters. The van der Waals surface area contributed by atoms with Gasteiger partial charge in [-0.2, -0.15) is 0 Å². The topological polar surface area (TPSA) is 102 Å². The minimum atomic E-state index is -0.200. The van der Waals surface area contributed by atoms with E-state index < -0.39 is 0 Å². The van der Waals surface area contributed by atoms with Gasteiger partial charge in [0.1, 0.15) is 0 Å². The summed E-state index contributed by atoms with van der Waals surface area (Å²) in [4.78, 5) is 13.8. The molecule has 0 atom stereocenters. The second-order valence-electron chi connectivity index (χ2n) is 7.46. The van der Waals surface area contributed by atoms with Crippen molar-refractivity contribution in [2.45, 2.75) is 0 Å². The van der Waals surface area contributed by atoms with Gasteiger partial charge in [0.05, 0.1) is 21.3 Å². The Balaban J connectivity index is 1.90. The van der Waals surface area contributed by atoms with Crippen LogP contribution in [0.5, 0.6) is 17.2 Å². The Bertz CT molecular complexity index is 1300. The maximum atomic E-state index is 13.8. The van der Waals surface area contributed by atoms with E-state index in [1.807, 2.05) is 53.2 Å². The molecule has 168 valence electrons. The van der Waals surface area contributed by atoms with E-state index >= 15 is 0 Å². The molecule has 0 radical (unpaired) electrons. The van der Waals surface area contributed by atoms with Crippen molar-refractivity contribution in [3.63, 3.8) is 0 Å². The van der Waals surface area contributed by atoms with Gasteiger partial charge in [-0.1, -0.05) is 18.2 Å². The standard InChI is InChI=1S/C26H25N3O4/c1-31-23-11-17(12-24(32-2)26(23)33-3)25(30)22-15-29(20-9-5-8-19(28)13-20)14-21(22)16-6-4-7-18(27)10-16/h4-15H,27-28H2,1-3H3. The fourth-order valence-electron chi connectivity index (χ4n) is 3.77. The van der Waals surface area contributed by atoms with Crippen LogP contribution in [0.3, 0.4) is 0 Å². The number of ketones is 1. The summed E-state index contributed by atoms with van der Waals surface area (Å²) in [6, 6.07) is 18.2. The van der Waals surface area contributed by atoms with Crippen LogP contribution in [0.4, 0.5) is 11.4 Å². The number of rotatable bonds is 7. The van der Waals surface area contributed by atoms with E-state index in [2.05, 4.69) is 0 Å². The van der Waals surface area contributed by atoms with E-state index in [1.165, 1.54) is 21.3 Å². The zero-order valence-electron chi connectivity index (χ0n) is 18.7. The van der Waals surface area contributed by atoms with Gasteiger partial charge < -0.3 is 30.2 Å².